The summed E-state index contributed by atoms with van der Waals surface area (Å²) in [4.78, 5) is 14.5. The highest BCUT2D eigenvalue weighted by atomic mass is 79.9. The SMILES string of the molecule is Brc1ccccc1-c1nc2c3c(cc(-c4ccccc4)nc3n1)-c1ccccc1O2. The van der Waals surface area contributed by atoms with Crippen molar-refractivity contribution < 1.29 is 4.74 Å². The molecule has 3 aromatic carbocycles. The largest absolute Gasteiger partial charge is 0.437 e. The second-order valence-electron chi connectivity index (χ2n) is 7.05. The van der Waals surface area contributed by atoms with E-state index in [0.717, 1.165) is 43.6 Å². The molecule has 5 heteroatoms. The highest BCUT2D eigenvalue weighted by Gasteiger charge is 2.25. The number of benzene rings is 3. The monoisotopic (exact) mass is 451 g/mol. The molecule has 0 bridgehead atoms. The van der Waals surface area contributed by atoms with Crippen molar-refractivity contribution in [1.82, 2.24) is 15.0 Å². The van der Waals surface area contributed by atoms with Gasteiger partial charge < -0.3 is 4.74 Å². The number of ether oxygens (including phenoxy) is 1. The van der Waals surface area contributed by atoms with E-state index < -0.39 is 0 Å². The lowest BCUT2D eigenvalue weighted by atomic mass is 9.97. The lowest BCUT2D eigenvalue weighted by Crippen LogP contribution is -2.04. The van der Waals surface area contributed by atoms with E-state index in [1.165, 1.54) is 0 Å². The third kappa shape index (κ3) is 2.70. The molecule has 6 rings (SSSR count). The van der Waals surface area contributed by atoms with E-state index >= 15 is 0 Å². The molecule has 30 heavy (non-hydrogen) atoms. The van der Waals surface area contributed by atoms with Crippen molar-refractivity contribution in [2.75, 3.05) is 0 Å². The van der Waals surface area contributed by atoms with Crippen LogP contribution in [0.1, 0.15) is 0 Å². The summed E-state index contributed by atoms with van der Waals surface area (Å²) in [6.45, 7) is 0. The third-order valence-corrected chi connectivity index (χ3v) is 5.89. The molecule has 3 heterocycles. The Morgan fingerprint density at radius 1 is 0.667 bits per heavy atom. The van der Waals surface area contributed by atoms with Crippen molar-refractivity contribution in [2.24, 2.45) is 0 Å². The molecular weight excluding hydrogens is 438 g/mol. The van der Waals surface area contributed by atoms with Crippen LogP contribution in [-0.4, -0.2) is 15.0 Å². The minimum Gasteiger partial charge on any atom is -0.437 e. The maximum atomic E-state index is 6.19. The van der Waals surface area contributed by atoms with E-state index in [-0.39, 0.29) is 0 Å². The fourth-order valence-corrected chi connectivity index (χ4v) is 4.25. The number of hydrogen-bond donors (Lipinski definition) is 0. The van der Waals surface area contributed by atoms with Crippen LogP contribution in [0.15, 0.2) is 89.4 Å². The summed E-state index contributed by atoms with van der Waals surface area (Å²) in [5, 5.41) is 0.837. The first-order valence-electron chi connectivity index (χ1n) is 9.58. The highest BCUT2D eigenvalue weighted by molar-refractivity contribution is 9.10. The Morgan fingerprint density at radius 2 is 1.40 bits per heavy atom. The van der Waals surface area contributed by atoms with Crippen molar-refractivity contribution in [3.63, 3.8) is 0 Å². The van der Waals surface area contributed by atoms with E-state index in [4.69, 9.17) is 19.7 Å². The van der Waals surface area contributed by atoms with Crippen molar-refractivity contribution in [3.05, 3.63) is 89.4 Å². The molecule has 2 aromatic heterocycles. The highest BCUT2D eigenvalue weighted by Crippen LogP contribution is 2.46. The maximum absolute atomic E-state index is 6.19. The smallest absolute Gasteiger partial charge is 0.233 e. The molecule has 0 amide bonds. The molecule has 0 radical (unpaired) electrons. The Hall–Kier alpha value is -3.57. The second-order valence-corrected chi connectivity index (χ2v) is 7.90. The van der Waals surface area contributed by atoms with Gasteiger partial charge in [0.15, 0.2) is 11.5 Å². The molecule has 5 aromatic rings. The van der Waals surface area contributed by atoms with E-state index in [1.807, 2.05) is 60.7 Å². The number of fused-ring (bicyclic) bond motifs is 2. The number of hydrogen-bond acceptors (Lipinski definition) is 4. The van der Waals surface area contributed by atoms with E-state index in [9.17, 15) is 0 Å². The molecule has 0 fully saturated rings. The average Bonchev–Trinajstić information content (AvgIpc) is 2.79. The molecule has 0 atom stereocenters. The van der Waals surface area contributed by atoms with E-state index in [1.54, 1.807) is 0 Å². The van der Waals surface area contributed by atoms with Crippen LogP contribution >= 0.6 is 15.9 Å². The quantitative estimate of drug-likeness (QED) is 0.287. The molecule has 4 nitrogen and oxygen atoms in total. The summed E-state index contributed by atoms with van der Waals surface area (Å²) in [5.74, 6) is 1.90. The molecular formula is C25H14BrN3O. The van der Waals surface area contributed by atoms with Crippen LogP contribution in [0.4, 0.5) is 0 Å². The lowest BCUT2D eigenvalue weighted by Gasteiger charge is -2.21. The van der Waals surface area contributed by atoms with Gasteiger partial charge in [0.05, 0.1) is 11.1 Å². The van der Waals surface area contributed by atoms with Crippen molar-refractivity contribution in [1.29, 1.82) is 0 Å². The summed E-state index contributed by atoms with van der Waals surface area (Å²) in [7, 11) is 0. The molecule has 0 saturated heterocycles. The standard InChI is InChI=1S/C25H14BrN3O/c26-19-12-6-4-11-17(19)23-28-24-22-18(14-20(27-24)15-8-2-1-3-9-15)16-10-5-7-13-21(16)30-25(22)29-23/h1-14H. The molecule has 142 valence electrons. The molecule has 0 spiro atoms. The van der Waals surface area contributed by atoms with Crippen molar-refractivity contribution in [3.8, 4) is 45.4 Å². The van der Waals surface area contributed by atoms with Crippen LogP contribution < -0.4 is 4.74 Å². The van der Waals surface area contributed by atoms with Crippen molar-refractivity contribution in [2.45, 2.75) is 0 Å². The number of pyridine rings is 1. The first-order chi connectivity index (χ1) is 14.8. The second kappa shape index (κ2) is 6.75. The summed E-state index contributed by atoms with van der Waals surface area (Å²) in [5.41, 5.74) is 5.49. The number of rotatable bonds is 2. The molecule has 1 aliphatic rings. The van der Waals surface area contributed by atoms with Gasteiger partial charge >= 0.3 is 0 Å². The minimum absolute atomic E-state index is 0.534. The summed E-state index contributed by atoms with van der Waals surface area (Å²) in [6.07, 6.45) is 0. The van der Waals surface area contributed by atoms with Gasteiger partial charge in [0.2, 0.25) is 5.88 Å². The summed E-state index contributed by atoms with van der Waals surface area (Å²) >= 11 is 3.61. The number of aromatic nitrogens is 3. The van der Waals surface area contributed by atoms with Gasteiger partial charge in [0.25, 0.3) is 0 Å². The molecule has 0 saturated carbocycles. The zero-order valence-electron chi connectivity index (χ0n) is 15.7. The van der Waals surface area contributed by atoms with Crippen molar-refractivity contribution >= 4 is 27.0 Å². The van der Waals surface area contributed by atoms with Gasteiger partial charge in [-0.15, -0.1) is 0 Å². The number of halogens is 1. The Bertz CT molecular complexity index is 1430. The first kappa shape index (κ1) is 17.3. The first-order valence-corrected chi connectivity index (χ1v) is 10.4. The Balaban J connectivity index is 1.70. The predicted octanol–water partition coefficient (Wildman–Crippen LogP) is 6.89. The number of para-hydroxylation sites is 1. The normalized spacial score (nSPS) is 11.8. The van der Waals surface area contributed by atoms with Crippen LogP contribution in [0, 0.1) is 0 Å². The van der Waals surface area contributed by atoms with E-state index in [2.05, 4.69) is 40.2 Å². The Labute approximate surface area is 181 Å². The van der Waals surface area contributed by atoms with E-state index in [0.29, 0.717) is 17.4 Å². The fourth-order valence-electron chi connectivity index (χ4n) is 3.79. The van der Waals surface area contributed by atoms with Crippen LogP contribution in [0.3, 0.4) is 0 Å². The average molecular weight is 452 g/mol. The summed E-state index contributed by atoms with van der Waals surface area (Å²) < 4.78 is 7.11. The van der Waals surface area contributed by atoms with Crippen LogP contribution in [-0.2, 0) is 0 Å². The van der Waals surface area contributed by atoms with Crippen LogP contribution in [0.25, 0.3) is 44.8 Å². The van der Waals surface area contributed by atoms with Gasteiger partial charge in [-0.2, -0.15) is 4.98 Å². The van der Waals surface area contributed by atoms with Gasteiger partial charge in [0.1, 0.15) is 5.75 Å². The third-order valence-electron chi connectivity index (χ3n) is 5.20. The summed E-state index contributed by atoms with van der Waals surface area (Å²) in [6, 6.07) is 28.2. The van der Waals surface area contributed by atoms with Gasteiger partial charge in [-0.3, -0.25) is 0 Å². The van der Waals surface area contributed by atoms with Gasteiger partial charge in [-0.1, -0.05) is 82.7 Å². The minimum atomic E-state index is 0.534. The molecule has 0 aliphatic carbocycles. The predicted molar refractivity (Wildman–Crippen MR) is 121 cm³/mol. The van der Waals surface area contributed by atoms with Gasteiger partial charge in [-0.05, 0) is 18.2 Å². The fraction of sp³-hybridized carbons (Fsp3) is 0. The zero-order valence-corrected chi connectivity index (χ0v) is 17.3. The topological polar surface area (TPSA) is 47.9 Å². The maximum Gasteiger partial charge on any atom is 0.233 e. The zero-order chi connectivity index (χ0) is 20.1. The van der Waals surface area contributed by atoms with Crippen LogP contribution in [0.5, 0.6) is 11.6 Å². The Morgan fingerprint density at radius 3 is 2.23 bits per heavy atom. The number of nitrogens with zero attached hydrogens (tertiary/aromatic N) is 3. The molecule has 0 unspecified atom stereocenters. The van der Waals surface area contributed by atoms with Gasteiger partial charge in [-0.25, -0.2) is 9.97 Å². The molecule has 1 aliphatic heterocycles. The lowest BCUT2D eigenvalue weighted by molar-refractivity contribution is 0.467. The molecule has 0 N–H and O–H groups in total. The van der Waals surface area contributed by atoms with Crippen LogP contribution in [0.2, 0.25) is 0 Å². The van der Waals surface area contributed by atoms with Gasteiger partial charge in [0, 0.05) is 26.7 Å². The Kier molecular flexibility index (Phi) is 3.89.